The summed E-state index contributed by atoms with van der Waals surface area (Å²) in [5, 5.41) is 15.1. The number of amides is 1. The van der Waals surface area contributed by atoms with Crippen LogP contribution in [0.25, 0.3) is 5.82 Å². The quantitative estimate of drug-likeness (QED) is 0.726. The summed E-state index contributed by atoms with van der Waals surface area (Å²) in [6, 6.07) is 5.00. The van der Waals surface area contributed by atoms with Crippen molar-refractivity contribution in [1.29, 1.82) is 0 Å². The number of hydrogen-bond donors (Lipinski definition) is 1. The van der Waals surface area contributed by atoms with E-state index in [1.54, 1.807) is 34.6 Å². The molecule has 9 heteroatoms. The van der Waals surface area contributed by atoms with Crippen molar-refractivity contribution in [2.45, 2.75) is 20.4 Å². The molecule has 136 valence electrons. The Morgan fingerprint density at radius 2 is 1.85 bits per heavy atom. The van der Waals surface area contributed by atoms with Crippen LogP contribution in [0.4, 0.5) is 5.69 Å². The summed E-state index contributed by atoms with van der Waals surface area (Å²) >= 11 is 0. The molecule has 0 aliphatic heterocycles. The lowest BCUT2D eigenvalue weighted by molar-refractivity contribution is 0.102. The largest absolute Gasteiger partial charge is 0.493 e. The van der Waals surface area contributed by atoms with E-state index in [1.165, 1.54) is 19.8 Å². The molecule has 0 unspecified atom stereocenters. The Kier molecular flexibility index (Phi) is 4.87. The van der Waals surface area contributed by atoms with E-state index < -0.39 is 0 Å². The normalized spacial score (nSPS) is 10.6. The second kappa shape index (κ2) is 7.26. The van der Waals surface area contributed by atoms with Gasteiger partial charge in [-0.05, 0) is 32.0 Å². The lowest BCUT2D eigenvalue weighted by Gasteiger charge is -2.10. The standard InChI is InChI=1S/C17H20N6O3/c1-5-23-11(2)15(16(21-23)22-9-18-19-10-22)20-17(24)12-6-7-13(25-3)14(8-12)26-4/h6-10H,5H2,1-4H3,(H,20,24). The summed E-state index contributed by atoms with van der Waals surface area (Å²) in [6.45, 7) is 4.55. The Hall–Kier alpha value is -3.36. The van der Waals surface area contributed by atoms with E-state index in [0.717, 1.165) is 5.69 Å². The summed E-state index contributed by atoms with van der Waals surface area (Å²) in [5.41, 5.74) is 1.89. The summed E-state index contributed by atoms with van der Waals surface area (Å²) < 4.78 is 13.9. The van der Waals surface area contributed by atoms with Crippen LogP contribution in [0.1, 0.15) is 23.0 Å². The number of aromatic nitrogens is 5. The van der Waals surface area contributed by atoms with Gasteiger partial charge in [0.25, 0.3) is 5.91 Å². The zero-order valence-electron chi connectivity index (χ0n) is 15.1. The molecule has 3 rings (SSSR count). The fraction of sp³-hybridized carbons (Fsp3) is 0.294. The molecular formula is C17H20N6O3. The number of carbonyl (C=O) groups excluding carboxylic acids is 1. The second-order valence-electron chi connectivity index (χ2n) is 5.49. The monoisotopic (exact) mass is 356 g/mol. The highest BCUT2D eigenvalue weighted by Gasteiger charge is 2.19. The van der Waals surface area contributed by atoms with E-state index in [9.17, 15) is 4.79 Å². The van der Waals surface area contributed by atoms with Crippen molar-refractivity contribution >= 4 is 11.6 Å². The van der Waals surface area contributed by atoms with Gasteiger partial charge in [0, 0.05) is 12.1 Å². The van der Waals surface area contributed by atoms with Gasteiger partial charge in [0.1, 0.15) is 18.3 Å². The van der Waals surface area contributed by atoms with Crippen molar-refractivity contribution < 1.29 is 14.3 Å². The van der Waals surface area contributed by atoms with Crippen LogP contribution in [-0.2, 0) is 6.54 Å². The van der Waals surface area contributed by atoms with Crippen LogP contribution in [-0.4, -0.2) is 44.7 Å². The van der Waals surface area contributed by atoms with Gasteiger partial charge in [0.05, 0.1) is 19.9 Å². The van der Waals surface area contributed by atoms with Crippen LogP contribution in [0.5, 0.6) is 11.5 Å². The minimum atomic E-state index is -0.279. The van der Waals surface area contributed by atoms with Gasteiger partial charge in [-0.3, -0.25) is 14.0 Å². The Morgan fingerprint density at radius 3 is 2.46 bits per heavy atom. The molecule has 2 aromatic heterocycles. The van der Waals surface area contributed by atoms with Gasteiger partial charge in [0.15, 0.2) is 17.3 Å². The number of nitrogens with zero attached hydrogens (tertiary/aromatic N) is 5. The van der Waals surface area contributed by atoms with E-state index >= 15 is 0 Å². The van der Waals surface area contributed by atoms with E-state index in [4.69, 9.17) is 9.47 Å². The average molecular weight is 356 g/mol. The van der Waals surface area contributed by atoms with Gasteiger partial charge in [-0.25, -0.2) is 0 Å². The van der Waals surface area contributed by atoms with E-state index in [2.05, 4.69) is 20.6 Å². The SMILES string of the molecule is CCn1nc(-n2cnnc2)c(NC(=O)c2ccc(OC)c(OC)c2)c1C. The smallest absolute Gasteiger partial charge is 0.255 e. The molecule has 0 bridgehead atoms. The topological polar surface area (TPSA) is 96.1 Å². The summed E-state index contributed by atoms with van der Waals surface area (Å²) in [5.74, 6) is 1.33. The molecule has 2 heterocycles. The van der Waals surface area contributed by atoms with Crippen molar-refractivity contribution in [3.63, 3.8) is 0 Å². The van der Waals surface area contributed by atoms with Gasteiger partial charge in [0.2, 0.25) is 0 Å². The molecule has 0 atom stereocenters. The number of ether oxygens (including phenoxy) is 2. The molecule has 0 aliphatic rings. The molecule has 1 aromatic carbocycles. The van der Waals surface area contributed by atoms with Gasteiger partial charge in [-0.15, -0.1) is 10.2 Å². The van der Waals surface area contributed by atoms with E-state index in [1.807, 2.05) is 13.8 Å². The lowest BCUT2D eigenvalue weighted by atomic mass is 10.2. The average Bonchev–Trinajstić information content (AvgIpc) is 3.30. The van der Waals surface area contributed by atoms with Gasteiger partial charge < -0.3 is 14.8 Å². The Morgan fingerprint density at radius 1 is 1.15 bits per heavy atom. The van der Waals surface area contributed by atoms with Crippen LogP contribution >= 0.6 is 0 Å². The molecule has 0 spiro atoms. The molecule has 0 aliphatic carbocycles. The second-order valence-corrected chi connectivity index (χ2v) is 5.49. The Balaban J connectivity index is 1.96. The minimum absolute atomic E-state index is 0.279. The Labute approximate surface area is 150 Å². The molecule has 3 aromatic rings. The minimum Gasteiger partial charge on any atom is -0.493 e. The van der Waals surface area contributed by atoms with Gasteiger partial charge in [-0.1, -0.05) is 0 Å². The Bertz CT molecular complexity index is 917. The zero-order valence-corrected chi connectivity index (χ0v) is 15.1. The molecular weight excluding hydrogens is 336 g/mol. The summed E-state index contributed by atoms with van der Waals surface area (Å²) in [4.78, 5) is 12.8. The number of aryl methyl sites for hydroxylation is 1. The molecule has 1 N–H and O–H groups in total. The third-order valence-electron chi connectivity index (χ3n) is 4.04. The van der Waals surface area contributed by atoms with E-state index in [0.29, 0.717) is 35.1 Å². The molecule has 1 amide bonds. The molecule has 26 heavy (non-hydrogen) atoms. The molecule has 0 radical (unpaired) electrons. The lowest BCUT2D eigenvalue weighted by Crippen LogP contribution is -2.14. The maximum absolute atomic E-state index is 12.8. The molecule has 0 saturated heterocycles. The molecule has 0 saturated carbocycles. The van der Waals surface area contributed by atoms with Crippen molar-refractivity contribution in [2.75, 3.05) is 19.5 Å². The highest BCUT2D eigenvalue weighted by atomic mass is 16.5. The number of hydrogen-bond acceptors (Lipinski definition) is 6. The highest BCUT2D eigenvalue weighted by Crippen LogP contribution is 2.29. The number of benzene rings is 1. The first-order chi connectivity index (χ1) is 12.6. The number of methoxy groups -OCH3 is 2. The van der Waals surface area contributed by atoms with Crippen molar-refractivity contribution in [2.24, 2.45) is 0 Å². The zero-order chi connectivity index (χ0) is 18.7. The van der Waals surface area contributed by atoms with Crippen LogP contribution in [0, 0.1) is 6.92 Å². The first-order valence-corrected chi connectivity index (χ1v) is 8.04. The maximum atomic E-state index is 12.8. The molecule has 0 fully saturated rings. The third kappa shape index (κ3) is 3.10. The maximum Gasteiger partial charge on any atom is 0.255 e. The third-order valence-corrected chi connectivity index (χ3v) is 4.04. The van der Waals surface area contributed by atoms with Crippen LogP contribution in [0.3, 0.4) is 0 Å². The van der Waals surface area contributed by atoms with Gasteiger partial charge >= 0.3 is 0 Å². The van der Waals surface area contributed by atoms with Crippen molar-refractivity contribution in [1.82, 2.24) is 24.5 Å². The molecule has 9 nitrogen and oxygen atoms in total. The summed E-state index contributed by atoms with van der Waals surface area (Å²) in [6.07, 6.45) is 3.07. The first-order valence-electron chi connectivity index (χ1n) is 8.04. The van der Waals surface area contributed by atoms with Gasteiger partial charge in [-0.2, -0.15) is 5.10 Å². The number of nitrogens with one attached hydrogen (secondary N) is 1. The number of carbonyl (C=O) groups is 1. The van der Waals surface area contributed by atoms with Crippen LogP contribution < -0.4 is 14.8 Å². The predicted octanol–water partition coefficient (Wildman–Crippen LogP) is 2.06. The first kappa shape index (κ1) is 17.5. The van der Waals surface area contributed by atoms with Crippen LogP contribution in [0.2, 0.25) is 0 Å². The van der Waals surface area contributed by atoms with Crippen molar-refractivity contribution in [3.05, 3.63) is 42.1 Å². The fourth-order valence-corrected chi connectivity index (χ4v) is 2.64. The predicted molar refractivity (Wildman–Crippen MR) is 95.1 cm³/mol. The number of anilines is 1. The van der Waals surface area contributed by atoms with E-state index in [-0.39, 0.29) is 5.91 Å². The fourth-order valence-electron chi connectivity index (χ4n) is 2.64. The van der Waals surface area contributed by atoms with Crippen LogP contribution in [0.15, 0.2) is 30.9 Å². The van der Waals surface area contributed by atoms with Crippen molar-refractivity contribution in [3.8, 4) is 17.3 Å². The number of rotatable bonds is 6. The highest BCUT2D eigenvalue weighted by molar-refractivity contribution is 6.05. The summed E-state index contributed by atoms with van der Waals surface area (Å²) in [7, 11) is 3.07.